The first-order valence-electron chi connectivity index (χ1n) is 5.18. The molecule has 3 aromatic rings. The second kappa shape index (κ2) is 4.16. The van der Waals surface area contributed by atoms with Crippen LogP contribution in [0.2, 0.25) is 0 Å². The minimum Gasteiger partial charge on any atom is -0.367 e. The van der Waals surface area contributed by atoms with Crippen LogP contribution in [0, 0.1) is 0 Å². The largest absolute Gasteiger partial charge is 0.367 e. The van der Waals surface area contributed by atoms with Crippen LogP contribution in [0.15, 0.2) is 30.6 Å². The molecule has 0 spiro atoms. The Morgan fingerprint density at radius 2 is 2.29 bits per heavy atom. The Balaban J connectivity index is 1.64. The lowest BCUT2D eigenvalue weighted by Gasteiger charge is -2.04. The smallest absolute Gasteiger partial charge is 0.200 e. The van der Waals surface area contributed by atoms with Crippen LogP contribution < -0.4 is 5.32 Å². The lowest BCUT2D eigenvalue weighted by atomic mass is 10.5. The van der Waals surface area contributed by atoms with E-state index < -0.39 is 0 Å². The summed E-state index contributed by atoms with van der Waals surface area (Å²) >= 11 is 0. The van der Waals surface area contributed by atoms with Crippen molar-refractivity contribution < 1.29 is 0 Å². The van der Waals surface area contributed by atoms with Crippen LogP contribution >= 0.6 is 0 Å². The van der Waals surface area contributed by atoms with Crippen LogP contribution in [0.1, 0.15) is 0 Å². The fraction of sp³-hybridized carbons (Fsp3) is 0.222. The van der Waals surface area contributed by atoms with Crippen molar-refractivity contribution in [3.05, 3.63) is 30.6 Å². The molecule has 0 aliphatic rings. The molecule has 3 heterocycles. The number of hydrogen-bond donors (Lipinski definition) is 1. The third-order valence-corrected chi connectivity index (χ3v) is 2.28. The molecule has 8 nitrogen and oxygen atoms in total. The number of hydrogen-bond acceptors (Lipinski definition) is 6. The summed E-state index contributed by atoms with van der Waals surface area (Å²) in [6, 6.07) is 5.55. The van der Waals surface area contributed by atoms with Gasteiger partial charge in [0, 0.05) is 18.9 Å². The van der Waals surface area contributed by atoms with Gasteiger partial charge < -0.3 is 5.32 Å². The van der Waals surface area contributed by atoms with Crippen molar-refractivity contribution in [1.82, 2.24) is 35.0 Å². The molecular formula is C9H10N8. The minimum absolute atomic E-state index is 0.627. The molecule has 3 rings (SSSR count). The number of aromatic nitrogens is 7. The molecule has 0 amide bonds. The average Bonchev–Trinajstić information content (AvgIpc) is 2.98. The maximum absolute atomic E-state index is 4.19. The predicted molar refractivity (Wildman–Crippen MR) is 59.3 cm³/mol. The first kappa shape index (κ1) is 9.70. The predicted octanol–water partition coefficient (Wildman–Crippen LogP) is -0.172. The molecule has 17 heavy (non-hydrogen) atoms. The Kier molecular flexibility index (Phi) is 2.37. The molecule has 0 radical (unpaired) electrons. The summed E-state index contributed by atoms with van der Waals surface area (Å²) in [6.07, 6.45) is 3.67. The average molecular weight is 230 g/mol. The van der Waals surface area contributed by atoms with E-state index in [1.807, 2.05) is 29.1 Å². The maximum Gasteiger partial charge on any atom is 0.200 e. The lowest BCUT2D eigenvalue weighted by molar-refractivity contribution is 0.635. The molecule has 0 aliphatic carbocycles. The molecule has 8 heteroatoms. The molecule has 0 bridgehead atoms. The summed E-state index contributed by atoms with van der Waals surface area (Å²) in [7, 11) is 0. The Bertz CT molecular complexity index is 598. The molecule has 86 valence electrons. The SMILES string of the molecule is c1cnn(CCNc2ccc3nnnn3n2)c1. The highest BCUT2D eigenvalue weighted by atomic mass is 15.6. The van der Waals surface area contributed by atoms with E-state index in [0.29, 0.717) is 5.65 Å². The monoisotopic (exact) mass is 230 g/mol. The van der Waals surface area contributed by atoms with Gasteiger partial charge >= 0.3 is 0 Å². The van der Waals surface area contributed by atoms with Crippen molar-refractivity contribution in [1.29, 1.82) is 0 Å². The molecule has 0 atom stereocenters. The normalized spacial score (nSPS) is 10.8. The zero-order valence-electron chi connectivity index (χ0n) is 8.93. The summed E-state index contributed by atoms with van der Waals surface area (Å²) in [5.41, 5.74) is 0.627. The summed E-state index contributed by atoms with van der Waals surface area (Å²) in [4.78, 5) is 0. The number of tetrazole rings is 1. The molecule has 0 saturated heterocycles. The molecule has 0 aromatic carbocycles. The minimum atomic E-state index is 0.627. The Hall–Kier alpha value is -2.51. The van der Waals surface area contributed by atoms with Crippen molar-refractivity contribution in [2.24, 2.45) is 0 Å². The molecule has 0 aliphatic heterocycles. The van der Waals surface area contributed by atoms with E-state index in [9.17, 15) is 0 Å². The van der Waals surface area contributed by atoms with E-state index in [4.69, 9.17) is 0 Å². The highest BCUT2D eigenvalue weighted by molar-refractivity contribution is 5.41. The number of anilines is 1. The quantitative estimate of drug-likeness (QED) is 0.669. The third-order valence-electron chi connectivity index (χ3n) is 2.28. The van der Waals surface area contributed by atoms with Gasteiger partial charge in [-0.05, 0) is 28.6 Å². The summed E-state index contributed by atoms with van der Waals surface area (Å²) in [5, 5.41) is 22.5. The topological polar surface area (TPSA) is 85.8 Å². The summed E-state index contributed by atoms with van der Waals surface area (Å²) in [6.45, 7) is 1.52. The number of fused-ring (bicyclic) bond motifs is 1. The lowest BCUT2D eigenvalue weighted by Crippen LogP contribution is -2.12. The Morgan fingerprint density at radius 1 is 1.29 bits per heavy atom. The first-order chi connectivity index (χ1) is 8.42. The van der Waals surface area contributed by atoms with Gasteiger partial charge in [0.15, 0.2) is 5.65 Å². The number of nitrogens with one attached hydrogen (secondary N) is 1. The molecule has 3 aromatic heterocycles. The molecule has 0 fully saturated rings. The summed E-state index contributed by atoms with van der Waals surface area (Å²) < 4.78 is 3.23. The summed E-state index contributed by atoms with van der Waals surface area (Å²) in [5.74, 6) is 0.733. The number of nitrogens with zero attached hydrogens (tertiary/aromatic N) is 7. The van der Waals surface area contributed by atoms with Crippen LogP contribution in [0.3, 0.4) is 0 Å². The Labute approximate surface area is 96.2 Å². The highest BCUT2D eigenvalue weighted by Crippen LogP contribution is 2.02. The van der Waals surface area contributed by atoms with Gasteiger partial charge in [0.05, 0.1) is 6.54 Å². The van der Waals surface area contributed by atoms with Crippen molar-refractivity contribution in [3.63, 3.8) is 0 Å². The van der Waals surface area contributed by atoms with Crippen molar-refractivity contribution in [3.8, 4) is 0 Å². The van der Waals surface area contributed by atoms with Crippen LogP contribution in [0.5, 0.6) is 0 Å². The van der Waals surface area contributed by atoms with Crippen LogP contribution in [0.25, 0.3) is 5.65 Å². The second-order valence-corrected chi connectivity index (χ2v) is 3.44. The second-order valence-electron chi connectivity index (χ2n) is 3.44. The van der Waals surface area contributed by atoms with Gasteiger partial charge in [-0.3, -0.25) is 4.68 Å². The van der Waals surface area contributed by atoms with Crippen LogP contribution in [-0.4, -0.2) is 41.6 Å². The van der Waals surface area contributed by atoms with E-state index in [-0.39, 0.29) is 0 Å². The highest BCUT2D eigenvalue weighted by Gasteiger charge is 1.99. The van der Waals surface area contributed by atoms with Crippen LogP contribution in [0.4, 0.5) is 5.82 Å². The van der Waals surface area contributed by atoms with E-state index in [1.54, 1.807) is 6.20 Å². The molecular weight excluding hydrogens is 220 g/mol. The zero-order chi connectivity index (χ0) is 11.5. The standard InChI is InChI=1S/C9H10N8/c1-4-11-16(6-1)7-5-10-8-2-3-9-12-14-15-17(9)13-8/h1-4,6H,5,7H2,(H,10,13). The van der Waals surface area contributed by atoms with Gasteiger partial charge in [0.1, 0.15) is 5.82 Å². The fourth-order valence-electron chi connectivity index (χ4n) is 1.48. The van der Waals surface area contributed by atoms with Crippen molar-refractivity contribution in [2.75, 3.05) is 11.9 Å². The van der Waals surface area contributed by atoms with E-state index >= 15 is 0 Å². The number of rotatable bonds is 4. The van der Waals surface area contributed by atoms with Gasteiger partial charge in [0.2, 0.25) is 0 Å². The zero-order valence-corrected chi connectivity index (χ0v) is 8.93. The van der Waals surface area contributed by atoms with Gasteiger partial charge in [-0.25, -0.2) is 0 Å². The molecule has 0 unspecified atom stereocenters. The van der Waals surface area contributed by atoms with Crippen molar-refractivity contribution >= 4 is 11.5 Å². The fourth-order valence-corrected chi connectivity index (χ4v) is 1.48. The molecule has 1 N–H and O–H groups in total. The van der Waals surface area contributed by atoms with E-state index in [1.165, 1.54) is 4.63 Å². The van der Waals surface area contributed by atoms with E-state index in [2.05, 4.69) is 31.0 Å². The van der Waals surface area contributed by atoms with Crippen LogP contribution in [-0.2, 0) is 6.54 Å². The maximum atomic E-state index is 4.19. The van der Waals surface area contributed by atoms with Crippen molar-refractivity contribution in [2.45, 2.75) is 6.54 Å². The van der Waals surface area contributed by atoms with E-state index in [0.717, 1.165) is 18.9 Å². The van der Waals surface area contributed by atoms with Gasteiger partial charge in [-0.2, -0.15) is 5.10 Å². The molecule has 0 saturated carbocycles. The van der Waals surface area contributed by atoms with Gasteiger partial charge in [0.25, 0.3) is 0 Å². The van der Waals surface area contributed by atoms with Gasteiger partial charge in [-0.1, -0.05) is 0 Å². The Morgan fingerprint density at radius 3 is 3.18 bits per heavy atom. The van der Waals surface area contributed by atoms with Gasteiger partial charge in [-0.15, -0.1) is 14.8 Å². The third kappa shape index (κ3) is 2.05. The first-order valence-corrected chi connectivity index (χ1v) is 5.18.